The van der Waals surface area contributed by atoms with Gasteiger partial charge in [-0.3, -0.25) is 14.4 Å². The van der Waals surface area contributed by atoms with Gasteiger partial charge in [0.05, 0.1) is 23.8 Å². The number of hydrogen-bond acceptors (Lipinski definition) is 6. The Morgan fingerprint density at radius 3 is 2.47 bits per heavy atom. The highest BCUT2D eigenvalue weighted by atomic mass is 35.5. The summed E-state index contributed by atoms with van der Waals surface area (Å²) in [6.45, 7) is 4.31. The normalized spacial score (nSPS) is 10.2. The molecular weight excluding hydrogens is 410 g/mol. The van der Waals surface area contributed by atoms with Crippen molar-refractivity contribution in [3.63, 3.8) is 0 Å². The van der Waals surface area contributed by atoms with E-state index < -0.39 is 17.8 Å². The fraction of sp³-hybridized carbons (Fsp3) is 0.333. The molecule has 0 saturated heterocycles. The number of nitrogens with one attached hydrogen (secondary N) is 2. The van der Waals surface area contributed by atoms with Crippen LogP contribution in [0.25, 0.3) is 0 Å². The molecule has 1 heterocycles. The number of ether oxygens (including phenoxy) is 2. The van der Waals surface area contributed by atoms with Crippen LogP contribution in [0.2, 0.25) is 5.02 Å². The Hall–Kier alpha value is -3.13. The van der Waals surface area contributed by atoms with E-state index in [-0.39, 0.29) is 29.4 Å². The lowest BCUT2D eigenvalue weighted by molar-refractivity contribution is -0.141. The molecule has 0 aliphatic heterocycles. The number of nitrogens with zero attached hydrogens (tertiary/aromatic N) is 1. The Morgan fingerprint density at radius 1 is 1.10 bits per heavy atom. The molecule has 0 bridgehead atoms. The number of unbranched alkanes of at least 4 members (excludes halogenated alkanes) is 1. The van der Waals surface area contributed by atoms with Gasteiger partial charge >= 0.3 is 5.97 Å². The van der Waals surface area contributed by atoms with Crippen molar-refractivity contribution in [3.05, 3.63) is 52.8 Å². The zero-order valence-corrected chi connectivity index (χ0v) is 17.6. The monoisotopic (exact) mass is 433 g/mol. The van der Waals surface area contributed by atoms with Crippen molar-refractivity contribution >= 4 is 35.1 Å². The molecule has 9 heteroatoms. The molecule has 0 atom stereocenters. The fourth-order valence-electron chi connectivity index (χ4n) is 2.35. The molecule has 1 aromatic heterocycles. The number of halogens is 1. The van der Waals surface area contributed by atoms with Crippen LogP contribution in [-0.2, 0) is 9.53 Å². The number of carbonyl (C=O) groups excluding carboxylic acids is 3. The molecule has 0 radical (unpaired) electrons. The maximum atomic E-state index is 12.4. The van der Waals surface area contributed by atoms with Gasteiger partial charge in [0.25, 0.3) is 11.8 Å². The zero-order valence-electron chi connectivity index (χ0n) is 16.9. The summed E-state index contributed by atoms with van der Waals surface area (Å²) in [7, 11) is 0. The molecular formula is C21H24ClN3O5. The summed E-state index contributed by atoms with van der Waals surface area (Å²) >= 11 is 6.09. The summed E-state index contributed by atoms with van der Waals surface area (Å²) < 4.78 is 10.3. The molecule has 0 fully saturated rings. The molecule has 2 rings (SSSR count). The highest BCUT2D eigenvalue weighted by Gasteiger charge is 2.16. The van der Waals surface area contributed by atoms with Crippen LogP contribution in [0.5, 0.6) is 5.75 Å². The van der Waals surface area contributed by atoms with Gasteiger partial charge in [0.15, 0.2) is 0 Å². The van der Waals surface area contributed by atoms with E-state index in [2.05, 4.69) is 22.5 Å². The van der Waals surface area contributed by atoms with E-state index in [9.17, 15) is 14.4 Å². The third-order valence-electron chi connectivity index (χ3n) is 3.90. The number of anilines is 1. The van der Waals surface area contributed by atoms with Crippen molar-refractivity contribution in [1.29, 1.82) is 0 Å². The average Bonchev–Trinajstić information content (AvgIpc) is 2.73. The number of benzene rings is 1. The van der Waals surface area contributed by atoms with E-state index in [1.165, 1.54) is 12.3 Å². The first-order chi connectivity index (χ1) is 14.4. The lowest BCUT2D eigenvalue weighted by Crippen LogP contribution is -2.31. The molecule has 30 heavy (non-hydrogen) atoms. The smallest absolute Gasteiger partial charge is 0.325 e. The van der Waals surface area contributed by atoms with Gasteiger partial charge in [-0.2, -0.15) is 0 Å². The van der Waals surface area contributed by atoms with Crippen molar-refractivity contribution in [2.45, 2.75) is 26.7 Å². The molecule has 8 nitrogen and oxygen atoms in total. The summed E-state index contributed by atoms with van der Waals surface area (Å²) in [4.78, 5) is 39.8. The van der Waals surface area contributed by atoms with Gasteiger partial charge in [-0.1, -0.05) is 24.9 Å². The predicted octanol–water partition coefficient (Wildman–Crippen LogP) is 3.46. The van der Waals surface area contributed by atoms with Gasteiger partial charge in [-0.15, -0.1) is 0 Å². The van der Waals surface area contributed by atoms with Crippen molar-refractivity contribution in [1.82, 2.24) is 10.3 Å². The summed E-state index contributed by atoms with van der Waals surface area (Å²) in [5, 5.41) is 5.08. The number of pyridine rings is 1. The van der Waals surface area contributed by atoms with Gasteiger partial charge in [0.1, 0.15) is 18.0 Å². The van der Waals surface area contributed by atoms with Gasteiger partial charge in [0, 0.05) is 11.9 Å². The van der Waals surface area contributed by atoms with Crippen LogP contribution < -0.4 is 15.4 Å². The maximum absolute atomic E-state index is 12.4. The van der Waals surface area contributed by atoms with E-state index in [0.717, 1.165) is 18.6 Å². The lowest BCUT2D eigenvalue weighted by Gasteiger charge is -2.09. The first kappa shape index (κ1) is 23.2. The van der Waals surface area contributed by atoms with Crippen molar-refractivity contribution in [2.75, 3.05) is 25.1 Å². The Bertz CT molecular complexity index is 887. The average molecular weight is 434 g/mol. The number of esters is 1. The number of amides is 2. The topological polar surface area (TPSA) is 107 Å². The summed E-state index contributed by atoms with van der Waals surface area (Å²) in [6.07, 6.45) is 3.27. The molecule has 2 aromatic rings. The highest BCUT2D eigenvalue weighted by molar-refractivity contribution is 6.34. The van der Waals surface area contributed by atoms with Crippen molar-refractivity contribution in [3.8, 4) is 5.75 Å². The first-order valence-electron chi connectivity index (χ1n) is 9.58. The number of carbonyl (C=O) groups is 3. The van der Waals surface area contributed by atoms with Crippen LogP contribution in [0, 0.1) is 0 Å². The summed E-state index contributed by atoms with van der Waals surface area (Å²) in [5.74, 6) is -0.912. The SMILES string of the molecule is CCCCOc1ccc(NC(=O)c2cnc(C(=O)NCC(=O)OCC)c(Cl)c2)cc1. The minimum atomic E-state index is -0.640. The highest BCUT2D eigenvalue weighted by Crippen LogP contribution is 2.19. The van der Waals surface area contributed by atoms with E-state index in [4.69, 9.17) is 21.1 Å². The molecule has 0 aliphatic carbocycles. The maximum Gasteiger partial charge on any atom is 0.325 e. The fourth-order valence-corrected chi connectivity index (χ4v) is 2.60. The molecule has 2 amide bonds. The first-order valence-corrected chi connectivity index (χ1v) is 9.96. The molecule has 160 valence electrons. The van der Waals surface area contributed by atoms with E-state index in [1.807, 2.05) is 0 Å². The molecule has 1 aromatic carbocycles. The van der Waals surface area contributed by atoms with Crippen LogP contribution in [0.15, 0.2) is 36.5 Å². The van der Waals surface area contributed by atoms with Crippen LogP contribution in [0.1, 0.15) is 47.5 Å². The second-order valence-corrected chi connectivity index (χ2v) is 6.63. The molecule has 2 N–H and O–H groups in total. The Kier molecular flexibility index (Phi) is 9.08. The van der Waals surface area contributed by atoms with E-state index in [1.54, 1.807) is 31.2 Å². The van der Waals surface area contributed by atoms with Gasteiger partial charge in [-0.25, -0.2) is 4.98 Å². The van der Waals surface area contributed by atoms with Crippen LogP contribution >= 0.6 is 11.6 Å². The van der Waals surface area contributed by atoms with Crippen LogP contribution in [0.4, 0.5) is 5.69 Å². The van der Waals surface area contributed by atoms with Gasteiger partial charge < -0.3 is 20.1 Å². The second-order valence-electron chi connectivity index (χ2n) is 6.22. The number of aromatic nitrogens is 1. The zero-order chi connectivity index (χ0) is 21.9. The molecule has 0 spiro atoms. The third-order valence-corrected chi connectivity index (χ3v) is 4.18. The number of hydrogen-bond donors (Lipinski definition) is 2. The Balaban J connectivity index is 1.96. The largest absolute Gasteiger partial charge is 0.494 e. The minimum Gasteiger partial charge on any atom is -0.494 e. The van der Waals surface area contributed by atoms with E-state index in [0.29, 0.717) is 12.3 Å². The van der Waals surface area contributed by atoms with Crippen LogP contribution in [-0.4, -0.2) is 42.5 Å². The van der Waals surface area contributed by atoms with Gasteiger partial charge in [0.2, 0.25) is 0 Å². The molecule has 0 unspecified atom stereocenters. The van der Waals surface area contributed by atoms with Crippen molar-refractivity contribution in [2.24, 2.45) is 0 Å². The second kappa shape index (κ2) is 11.8. The minimum absolute atomic E-state index is 0.0105. The Morgan fingerprint density at radius 2 is 1.83 bits per heavy atom. The standard InChI is InChI=1S/C21H24ClN3O5/c1-3-5-10-30-16-8-6-15(7-9-16)25-20(27)14-11-17(22)19(23-12-14)21(28)24-13-18(26)29-4-2/h6-9,11-12H,3-5,10,13H2,1-2H3,(H,24,28)(H,25,27). The lowest BCUT2D eigenvalue weighted by atomic mass is 10.2. The molecule has 0 saturated carbocycles. The van der Waals surface area contributed by atoms with E-state index >= 15 is 0 Å². The molecule has 0 aliphatic rings. The third kappa shape index (κ3) is 7.04. The quantitative estimate of drug-likeness (QED) is 0.439. The number of rotatable bonds is 10. The predicted molar refractivity (Wildman–Crippen MR) is 113 cm³/mol. The van der Waals surface area contributed by atoms with Gasteiger partial charge in [-0.05, 0) is 43.7 Å². The van der Waals surface area contributed by atoms with Crippen molar-refractivity contribution < 1.29 is 23.9 Å². The van der Waals surface area contributed by atoms with Crippen LogP contribution in [0.3, 0.4) is 0 Å². The summed E-state index contributed by atoms with van der Waals surface area (Å²) in [6, 6.07) is 8.34. The summed E-state index contributed by atoms with van der Waals surface area (Å²) in [5.41, 5.74) is 0.673. The Labute approximate surface area is 179 Å².